The zero-order chi connectivity index (χ0) is 24.3. The van der Waals surface area contributed by atoms with Crippen LogP contribution in [0.3, 0.4) is 0 Å². The molecular formula is C32H24N4. The first-order valence-corrected chi connectivity index (χ1v) is 11.9. The third kappa shape index (κ3) is 4.32. The van der Waals surface area contributed by atoms with Gasteiger partial charge in [0.1, 0.15) is 0 Å². The van der Waals surface area contributed by atoms with E-state index in [-0.39, 0.29) is 0 Å². The second-order valence-electron chi connectivity index (χ2n) is 8.74. The van der Waals surface area contributed by atoms with E-state index in [0.717, 1.165) is 45.0 Å². The second-order valence-corrected chi connectivity index (χ2v) is 8.74. The van der Waals surface area contributed by atoms with Gasteiger partial charge in [0.25, 0.3) is 0 Å². The van der Waals surface area contributed by atoms with E-state index in [9.17, 15) is 0 Å². The minimum atomic E-state index is 0.912. The number of anilines is 2. The van der Waals surface area contributed by atoms with Crippen molar-refractivity contribution in [1.82, 2.24) is 15.0 Å². The van der Waals surface area contributed by atoms with Gasteiger partial charge in [-0.2, -0.15) is 0 Å². The van der Waals surface area contributed by atoms with E-state index >= 15 is 0 Å². The zero-order valence-corrected chi connectivity index (χ0v) is 19.9. The maximum absolute atomic E-state index is 4.97. The Kier molecular flexibility index (Phi) is 5.68. The number of fused-ring (bicyclic) bond motifs is 1. The van der Waals surface area contributed by atoms with E-state index in [4.69, 9.17) is 4.98 Å². The van der Waals surface area contributed by atoms with E-state index in [2.05, 4.69) is 101 Å². The largest absolute Gasteiger partial charge is 0.345 e. The third-order valence-electron chi connectivity index (χ3n) is 6.46. The van der Waals surface area contributed by atoms with Crippen molar-refractivity contribution in [3.63, 3.8) is 0 Å². The van der Waals surface area contributed by atoms with Crippen LogP contribution in [0.5, 0.6) is 0 Å². The molecule has 4 nitrogen and oxygen atoms in total. The van der Waals surface area contributed by atoms with Gasteiger partial charge in [-0.05, 0) is 82.6 Å². The molecule has 6 aromatic rings. The highest BCUT2D eigenvalue weighted by Crippen LogP contribution is 2.33. The molecule has 36 heavy (non-hydrogen) atoms. The van der Waals surface area contributed by atoms with Gasteiger partial charge in [0.15, 0.2) is 0 Å². The van der Waals surface area contributed by atoms with E-state index in [1.54, 1.807) is 24.8 Å². The zero-order valence-electron chi connectivity index (χ0n) is 19.9. The number of benzene rings is 3. The maximum Gasteiger partial charge on any atom is 0.0716 e. The molecule has 3 aromatic carbocycles. The van der Waals surface area contributed by atoms with Crippen molar-refractivity contribution in [2.24, 2.45) is 0 Å². The molecule has 0 N–H and O–H groups in total. The monoisotopic (exact) mass is 464 g/mol. The summed E-state index contributed by atoms with van der Waals surface area (Å²) in [6.07, 6.45) is 7.20. The minimum absolute atomic E-state index is 0.912. The summed E-state index contributed by atoms with van der Waals surface area (Å²) in [6.45, 7) is 0. The van der Waals surface area contributed by atoms with E-state index in [1.165, 1.54) is 10.8 Å². The Morgan fingerprint density at radius 3 is 1.75 bits per heavy atom. The van der Waals surface area contributed by atoms with Gasteiger partial charge in [0.2, 0.25) is 0 Å². The van der Waals surface area contributed by atoms with Gasteiger partial charge in [0, 0.05) is 54.3 Å². The predicted molar refractivity (Wildman–Crippen MR) is 148 cm³/mol. The summed E-state index contributed by atoms with van der Waals surface area (Å²) in [5, 5.41) is 2.48. The van der Waals surface area contributed by atoms with Gasteiger partial charge in [-0.25, -0.2) is 4.98 Å². The Balaban J connectivity index is 1.43. The number of nitrogens with zero attached hydrogens (tertiary/aromatic N) is 4. The van der Waals surface area contributed by atoms with Crippen molar-refractivity contribution >= 4 is 22.1 Å². The van der Waals surface area contributed by atoms with Gasteiger partial charge < -0.3 is 4.90 Å². The molecule has 0 aliphatic carbocycles. The SMILES string of the molecule is CN(c1cccc(-c2cc(-c3ccncc3)nc(-c3ccncc3)c2)c1)c1ccc2ccccc2c1. The number of aromatic nitrogens is 3. The summed E-state index contributed by atoms with van der Waals surface area (Å²) < 4.78 is 0. The standard InChI is InChI=1S/C32H24N4/c1-36(30-10-9-23-5-2-3-6-26(23)19-30)29-8-4-7-27(20-29)28-21-31(24-11-15-33-16-12-24)35-32(22-28)25-13-17-34-18-14-25/h2-22H,1H3. The van der Waals surface area contributed by atoms with Crippen LogP contribution in [0.1, 0.15) is 0 Å². The summed E-state index contributed by atoms with van der Waals surface area (Å²) in [5.74, 6) is 0. The molecule has 0 fully saturated rings. The van der Waals surface area contributed by atoms with Crippen LogP contribution < -0.4 is 4.90 Å². The molecule has 0 saturated heterocycles. The number of pyridine rings is 3. The van der Waals surface area contributed by atoms with E-state index < -0.39 is 0 Å². The Hall–Kier alpha value is -4.83. The van der Waals surface area contributed by atoms with Crippen LogP contribution >= 0.6 is 0 Å². The first kappa shape index (κ1) is 21.7. The fourth-order valence-electron chi connectivity index (χ4n) is 4.47. The summed E-state index contributed by atoms with van der Waals surface area (Å²) >= 11 is 0. The van der Waals surface area contributed by atoms with E-state index in [0.29, 0.717) is 0 Å². The molecule has 3 aromatic heterocycles. The Morgan fingerprint density at radius 2 is 1.08 bits per heavy atom. The van der Waals surface area contributed by atoms with Gasteiger partial charge in [-0.15, -0.1) is 0 Å². The van der Waals surface area contributed by atoms with Crippen LogP contribution in [-0.2, 0) is 0 Å². The van der Waals surface area contributed by atoms with Crippen LogP contribution in [-0.4, -0.2) is 22.0 Å². The Bertz CT molecular complexity index is 1590. The average Bonchev–Trinajstić information content (AvgIpc) is 2.97. The quantitative estimate of drug-likeness (QED) is 0.261. The predicted octanol–water partition coefficient (Wildman–Crippen LogP) is 7.79. The average molecular weight is 465 g/mol. The van der Waals surface area contributed by atoms with Crippen molar-refractivity contribution < 1.29 is 0 Å². The fourth-order valence-corrected chi connectivity index (χ4v) is 4.47. The molecule has 172 valence electrons. The highest BCUT2D eigenvalue weighted by Gasteiger charge is 2.11. The first-order valence-electron chi connectivity index (χ1n) is 11.9. The Morgan fingerprint density at radius 1 is 0.472 bits per heavy atom. The summed E-state index contributed by atoms with van der Waals surface area (Å²) in [7, 11) is 2.11. The molecule has 0 unspecified atom stereocenters. The van der Waals surface area contributed by atoms with E-state index in [1.807, 2.05) is 24.3 Å². The lowest BCUT2D eigenvalue weighted by Crippen LogP contribution is -2.09. The molecule has 3 heterocycles. The third-order valence-corrected chi connectivity index (χ3v) is 6.46. The molecule has 0 amide bonds. The molecule has 0 bridgehead atoms. The minimum Gasteiger partial charge on any atom is -0.345 e. The van der Waals surface area contributed by atoms with Crippen LogP contribution in [0.2, 0.25) is 0 Å². The first-order chi connectivity index (χ1) is 17.7. The van der Waals surface area contributed by atoms with Gasteiger partial charge >= 0.3 is 0 Å². The van der Waals surface area contributed by atoms with Crippen molar-refractivity contribution in [3.05, 3.63) is 128 Å². The van der Waals surface area contributed by atoms with Crippen molar-refractivity contribution in [2.75, 3.05) is 11.9 Å². The summed E-state index contributed by atoms with van der Waals surface area (Å²) in [6, 6.07) is 35.9. The number of hydrogen-bond acceptors (Lipinski definition) is 4. The van der Waals surface area contributed by atoms with Crippen molar-refractivity contribution in [2.45, 2.75) is 0 Å². The van der Waals surface area contributed by atoms with Gasteiger partial charge in [0.05, 0.1) is 11.4 Å². The highest BCUT2D eigenvalue weighted by atomic mass is 15.1. The second kappa shape index (κ2) is 9.43. The van der Waals surface area contributed by atoms with Gasteiger partial charge in [-0.3, -0.25) is 9.97 Å². The molecule has 4 heteroatoms. The smallest absolute Gasteiger partial charge is 0.0716 e. The van der Waals surface area contributed by atoms with Crippen LogP contribution in [0, 0.1) is 0 Å². The summed E-state index contributed by atoms with van der Waals surface area (Å²) in [4.78, 5) is 15.5. The summed E-state index contributed by atoms with van der Waals surface area (Å²) in [5.41, 5.74) is 8.40. The van der Waals surface area contributed by atoms with Crippen LogP contribution in [0.15, 0.2) is 128 Å². The lowest BCUT2D eigenvalue weighted by Gasteiger charge is -2.21. The molecule has 0 saturated carbocycles. The lowest BCUT2D eigenvalue weighted by atomic mass is 10.00. The molecular weight excluding hydrogens is 440 g/mol. The molecule has 0 radical (unpaired) electrons. The molecule has 0 spiro atoms. The molecule has 0 atom stereocenters. The fraction of sp³-hybridized carbons (Fsp3) is 0.0312. The van der Waals surface area contributed by atoms with Crippen LogP contribution in [0.4, 0.5) is 11.4 Å². The normalized spacial score (nSPS) is 10.9. The molecule has 0 aliphatic heterocycles. The molecule has 6 rings (SSSR count). The number of rotatable bonds is 5. The topological polar surface area (TPSA) is 41.9 Å². The van der Waals surface area contributed by atoms with Crippen molar-refractivity contribution in [1.29, 1.82) is 0 Å². The van der Waals surface area contributed by atoms with Crippen molar-refractivity contribution in [3.8, 4) is 33.6 Å². The lowest BCUT2D eigenvalue weighted by molar-refractivity contribution is 1.21. The highest BCUT2D eigenvalue weighted by molar-refractivity contribution is 5.87. The van der Waals surface area contributed by atoms with Gasteiger partial charge in [-0.1, -0.05) is 42.5 Å². The van der Waals surface area contributed by atoms with Crippen LogP contribution in [0.25, 0.3) is 44.4 Å². The Labute approximate surface area is 210 Å². The number of hydrogen-bond donors (Lipinski definition) is 0. The molecule has 0 aliphatic rings. The maximum atomic E-state index is 4.97.